The van der Waals surface area contributed by atoms with Crippen molar-refractivity contribution in [1.29, 1.82) is 0 Å². The summed E-state index contributed by atoms with van der Waals surface area (Å²) in [4.78, 5) is 29.6. The van der Waals surface area contributed by atoms with Crippen LogP contribution in [0.15, 0.2) is 0 Å². The summed E-state index contributed by atoms with van der Waals surface area (Å²) in [5, 5.41) is 8.14. The first-order chi connectivity index (χ1) is 7.40. The van der Waals surface area contributed by atoms with Crippen molar-refractivity contribution in [3.05, 3.63) is 0 Å². The molecular weight excluding hydrogens is 218 g/mol. The van der Waals surface area contributed by atoms with Crippen molar-refractivity contribution in [2.45, 2.75) is 26.7 Å². The van der Waals surface area contributed by atoms with Gasteiger partial charge in [-0.05, 0) is 13.3 Å². The maximum atomic E-state index is 10.1. The molecule has 1 amide bonds. The number of ether oxygens (including phenoxy) is 2. The summed E-state index contributed by atoms with van der Waals surface area (Å²) in [6, 6.07) is 0. The van der Waals surface area contributed by atoms with Gasteiger partial charge in [0.05, 0.1) is 13.2 Å². The number of esters is 1. The third-order valence-electron chi connectivity index (χ3n) is 1.13. The first-order valence-corrected chi connectivity index (χ1v) is 4.67. The van der Waals surface area contributed by atoms with Gasteiger partial charge in [-0.3, -0.25) is 9.59 Å². The number of amides is 1. The van der Waals surface area contributed by atoms with Gasteiger partial charge in [0.25, 0.3) is 0 Å². The fraction of sp³-hybridized carbons (Fsp3) is 0.667. The van der Waals surface area contributed by atoms with Gasteiger partial charge >= 0.3 is 18.0 Å². The van der Waals surface area contributed by atoms with Gasteiger partial charge in [0.1, 0.15) is 0 Å². The van der Waals surface area contributed by atoms with Crippen molar-refractivity contribution in [3.63, 3.8) is 0 Å². The number of rotatable bonds is 5. The molecule has 0 rings (SSSR count). The topological polar surface area (TPSA) is 116 Å². The van der Waals surface area contributed by atoms with Crippen LogP contribution >= 0.6 is 0 Å². The van der Waals surface area contributed by atoms with Crippen LogP contribution in [0.1, 0.15) is 26.7 Å². The van der Waals surface area contributed by atoms with Crippen molar-refractivity contribution in [2.75, 3.05) is 13.2 Å². The normalized spacial score (nSPS) is 8.38. The third-order valence-corrected chi connectivity index (χ3v) is 1.13. The molecule has 0 bridgehead atoms. The Morgan fingerprint density at radius 2 is 1.81 bits per heavy atom. The quantitative estimate of drug-likeness (QED) is 0.530. The van der Waals surface area contributed by atoms with Gasteiger partial charge in [-0.25, -0.2) is 4.79 Å². The SMILES string of the molecule is CC(=O)OCCCC(=O)O.CCOC(N)=O. The summed E-state index contributed by atoms with van der Waals surface area (Å²) in [6.07, 6.45) is -0.278. The van der Waals surface area contributed by atoms with Crippen LogP contribution in [-0.4, -0.2) is 36.4 Å². The van der Waals surface area contributed by atoms with Crippen LogP contribution in [0, 0.1) is 0 Å². The molecule has 94 valence electrons. The number of primary amides is 1. The first kappa shape index (κ1) is 16.6. The lowest BCUT2D eigenvalue weighted by Gasteiger charge is -1.97. The summed E-state index contributed by atoms with van der Waals surface area (Å²) in [6.45, 7) is 3.54. The summed E-state index contributed by atoms with van der Waals surface area (Å²) >= 11 is 0. The zero-order chi connectivity index (χ0) is 13.0. The van der Waals surface area contributed by atoms with Crippen molar-refractivity contribution in [1.82, 2.24) is 0 Å². The largest absolute Gasteiger partial charge is 0.481 e. The Hall–Kier alpha value is -1.79. The monoisotopic (exact) mass is 235 g/mol. The average Bonchev–Trinajstić information content (AvgIpc) is 2.12. The van der Waals surface area contributed by atoms with Crippen LogP contribution in [0.4, 0.5) is 4.79 Å². The van der Waals surface area contributed by atoms with E-state index in [-0.39, 0.29) is 19.0 Å². The van der Waals surface area contributed by atoms with E-state index in [2.05, 4.69) is 15.2 Å². The van der Waals surface area contributed by atoms with E-state index in [1.807, 2.05) is 0 Å². The van der Waals surface area contributed by atoms with Crippen LogP contribution in [0.25, 0.3) is 0 Å². The van der Waals surface area contributed by atoms with E-state index in [0.717, 1.165) is 0 Å². The van der Waals surface area contributed by atoms with Crippen LogP contribution in [0.5, 0.6) is 0 Å². The predicted molar refractivity (Wildman–Crippen MR) is 54.7 cm³/mol. The van der Waals surface area contributed by atoms with Crippen molar-refractivity contribution >= 4 is 18.0 Å². The highest BCUT2D eigenvalue weighted by Crippen LogP contribution is 1.89. The predicted octanol–water partition coefficient (Wildman–Crippen LogP) is 0.516. The third kappa shape index (κ3) is 22.8. The van der Waals surface area contributed by atoms with Gasteiger partial charge in [-0.15, -0.1) is 0 Å². The van der Waals surface area contributed by atoms with E-state index in [1.54, 1.807) is 6.92 Å². The van der Waals surface area contributed by atoms with Crippen LogP contribution in [-0.2, 0) is 19.1 Å². The Kier molecular flexibility index (Phi) is 11.7. The Labute approximate surface area is 93.5 Å². The molecule has 0 spiro atoms. The molecule has 0 aliphatic rings. The second-order valence-electron chi connectivity index (χ2n) is 2.59. The number of carboxylic acids is 1. The van der Waals surface area contributed by atoms with E-state index in [0.29, 0.717) is 13.0 Å². The average molecular weight is 235 g/mol. The highest BCUT2D eigenvalue weighted by atomic mass is 16.5. The molecule has 0 atom stereocenters. The minimum Gasteiger partial charge on any atom is -0.481 e. The molecule has 0 aromatic rings. The van der Waals surface area contributed by atoms with Gasteiger partial charge in [0.2, 0.25) is 0 Å². The Morgan fingerprint density at radius 1 is 1.25 bits per heavy atom. The molecular formula is C9H17NO6. The maximum absolute atomic E-state index is 10.1. The molecule has 0 saturated carbocycles. The molecule has 0 fully saturated rings. The van der Waals surface area contributed by atoms with Gasteiger partial charge in [-0.2, -0.15) is 0 Å². The molecule has 3 N–H and O–H groups in total. The highest BCUT2D eigenvalue weighted by Gasteiger charge is 1.97. The fourth-order valence-electron chi connectivity index (χ4n) is 0.582. The molecule has 0 aliphatic heterocycles. The lowest BCUT2D eigenvalue weighted by Crippen LogP contribution is -2.11. The standard InChI is InChI=1S/C6H10O4.C3H7NO2/c1-5(7)10-4-2-3-6(8)9;1-2-6-3(4)5/h2-4H2,1H3,(H,8,9);2H2,1H3,(H2,4,5). The highest BCUT2D eigenvalue weighted by molar-refractivity contribution is 5.67. The molecule has 0 aromatic carbocycles. The number of nitrogens with two attached hydrogens (primary N) is 1. The van der Waals surface area contributed by atoms with Gasteiger partial charge in [-0.1, -0.05) is 0 Å². The number of carbonyl (C=O) groups excluding carboxylic acids is 2. The smallest absolute Gasteiger partial charge is 0.404 e. The molecule has 0 saturated heterocycles. The van der Waals surface area contributed by atoms with Crippen LogP contribution < -0.4 is 5.73 Å². The van der Waals surface area contributed by atoms with E-state index in [4.69, 9.17) is 5.11 Å². The molecule has 7 heteroatoms. The second-order valence-corrected chi connectivity index (χ2v) is 2.59. The fourth-order valence-corrected chi connectivity index (χ4v) is 0.582. The van der Waals surface area contributed by atoms with E-state index in [1.165, 1.54) is 6.92 Å². The van der Waals surface area contributed by atoms with E-state index in [9.17, 15) is 14.4 Å². The van der Waals surface area contributed by atoms with E-state index >= 15 is 0 Å². The Morgan fingerprint density at radius 3 is 2.06 bits per heavy atom. The number of aliphatic carboxylic acids is 1. The lowest BCUT2D eigenvalue weighted by atomic mass is 10.3. The zero-order valence-corrected chi connectivity index (χ0v) is 9.39. The Bertz CT molecular complexity index is 212. The number of carboxylic acid groups (broad SMARTS) is 1. The summed E-state index contributed by atoms with van der Waals surface area (Å²) in [5.41, 5.74) is 4.54. The molecule has 0 heterocycles. The van der Waals surface area contributed by atoms with E-state index < -0.39 is 12.1 Å². The summed E-state index contributed by atoms with van der Waals surface area (Å²) in [5.74, 6) is -1.24. The minimum absolute atomic E-state index is 0.0489. The van der Waals surface area contributed by atoms with Crippen LogP contribution in [0.3, 0.4) is 0 Å². The Balaban J connectivity index is 0. The molecule has 16 heavy (non-hydrogen) atoms. The maximum Gasteiger partial charge on any atom is 0.404 e. The molecule has 0 aromatic heterocycles. The molecule has 0 radical (unpaired) electrons. The van der Waals surface area contributed by atoms with Gasteiger partial charge in [0, 0.05) is 13.3 Å². The first-order valence-electron chi connectivity index (χ1n) is 4.67. The lowest BCUT2D eigenvalue weighted by molar-refractivity contribution is -0.143. The van der Waals surface area contributed by atoms with Gasteiger partial charge < -0.3 is 20.3 Å². The summed E-state index contributed by atoms with van der Waals surface area (Å²) < 4.78 is 8.67. The van der Waals surface area contributed by atoms with Crippen molar-refractivity contribution in [3.8, 4) is 0 Å². The van der Waals surface area contributed by atoms with Crippen LogP contribution in [0.2, 0.25) is 0 Å². The number of carbonyl (C=O) groups is 3. The molecule has 7 nitrogen and oxygen atoms in total. The second kappa shape index (κ2) is 11.3. The molecule has 0 unspecified atom stereocenters. The zero-order valence-electron chi connectivity index (χ0n) is 9.39. The van der Waals surface area contributed by atoms with Crippen molar-refractivity contribution in [2.24, 2.45) is 5.73 Å². The van der Waals surface area contributed by atoms with Gasteiger partial charge in [0.15, 0.2) is 0 Å². The number of hydrogen-bond donors (Lipinski definition) is 2. The summed E-state index contributed by atoms with van der Waals surface area (Å²) in [7, 11) is 0. The minimum atomic E-state index is -0.868. The van der Waals surface area contributed by atoms with Crippen molar-refractivity contribution < 1.29 is 29.0 Å². The number of hydrogen-bond acceptors (Lipinski definition) is 5. The molecule has 0 aliphatic carbocycles.